The van der Waals surface area contributed by atoms with Crippen molar-refractivity contribution in [1.29, 1.82) is 0 Å². The Hall–Kier alpha value is -3.09. The van der Waals surface area contributed by atoms with Gasteiger partial charge in [-0.3, -0.25) is 9.59 Å². The Morgan fingerprint density at radius 3 is 2.47 bits per heavy atom. The summed E-state index contributed by atoms with van der Waals surface area (Å²) < 4.78 is 24.4. The highest BCUT2D eigenvalue weighted by Gasteiger charge is 2.37. The van der Waals surface area contributed by atoms with E-state index in [0.717, 1.165) is 31.2 Å². The number of piperidine rings is 1. The fraction of sp³-hybridized carbons (Fsp3) is 0.481. The third kappa shape index (κ3) is 5.51. The zero-order valence-electron chi connectivity index (χ0n) is 19.9. The van der Waals surface area contributed by atoms with Gasteiger partial charge in [0.05, 0.1) is 20.1 Å². The Bertz CT molecular complexity index is 1020. The fourth-order valence-electron chi connectivity index (χ4n) is 5.23. The number of benzene rings is 2. The zero-order valence-corrected chi connectivity index (χ0v) is 19.9. The molecule has 1 heterocycles. The van der Waals surface area contributed by atoms with Gasteiger partial charge in [0, 0.05) is 31.5 Å². The summed E-state index contributed by atoms with van der Waals surface area (Å²) in [5.41, 5.74) is 1.73. The molecule has 1 aliphatic carbocycles. The van der Waals surface area contributed by atoms with Gasteiger partial charge < -0.3 is 19.7 Å². The molecule has 0 bridgehead atoms. The van der Waals surface area contributed by atoms with Crippen LogP contribution < -0.4 is 14.8 Å². The lowest BCUT2D eigenvalue weighted by Gasteiger charge is -2.38. The van der Waals surface area contributed by atoms with Crippen molar-refractivity contribution in [1.82, 2.24) is 10.2 Å². The number of nitrogens with one attached hydrogen (secondary N) is 1. The van der Waals surface area contributed by atoms with Crippen molar-refractivity contribution in [3.63, 3.8) is 0 Å². The van der Waals surface area contributed by atoms with Crippen LogP contribution in [-0.4, -0.2) is 44.0 Å². The van der Waals surface area contributed by atoms with E-state index >= 15 is 0 Å². The Kier molecular flexibility index (Phi) is 7.70. The lowest BCUT2D eigenvalue weighted by Crippen LogP contribution is -2.49. The molecule has 2 amide bonds. The van der Waals surface area contributed by atoms with Crippen molar-refractivity contribution in [3.05, 3.63) is 59.4 Å². The minimum atomic E-state index is -0.342. The second kappa shape index (κ2) is 10.9. The largest absolute Gasteiger partial charge is 0.493 e. The lowest BCUT2D eigenvalue weighted by atomic mass is 9.83. The third-order valence-corrected chi connectivity index (χ3v) is 7.07. The van der Waals surface area contributed by atoms with E-state index in [2.05, 4.69) is 5.32 Å². The number of carbonyl (C=O) groups excluding carboxylic acids is 2. The third-order valence-electron chi connectivity index (χ3n) is 7.07. The van der Waals surface area contributed by atoms with E-state index in [0.29, 0.717) is 36.6 Å². The summed E-state index contributed by atoms with van der Waals surface area (Å²) in [4.78, 5) is 28.3. The number of hydrogen-bond acceptors (Lipinski definition) is 4. The number of halogens is 1. The highest BCUT2D eigenvalue weighted by Crippen LogP contribution is 2.37. The quantitative estimate of drug-likeness (QED) is 0.659. The molecule has 1 saturated heterocycles. The van der Waals surface area contributed by atoms with Crippen molar-refractivity contribution < 1.29 is 23.5 Å². The van der Waals surface area contributed by atoms with Gasteiger partial charge in [0.25, 0.3) is 0 Å². The van der Waals surface area contributed by atoms with Gasteiger partial charge in [0.15, 0.2) is 11.5 Å². The van der Waals surface area contributed by atoms with E-state index in [9.17, 15) is 14.0 Å². The number of ether oxygens (including phenoxy) is 2. The molecule has 0 radical (unpaired) electrons. The van der Waals surface area contributed by atoms with E-state index < -0.39 is 0 Å². The molecule has 2 aromatic carbocycles. The second-order valence-corrected chi connectivity index (χ2v) is 9.32. The van der Waals surface area contributed by atoms with Crippen LogP contribution in [0.15, 0.2) is 42.5 Å². The summed E-state index contributed by atoms with van der Waals surface area (Å²) >= 11 is 0. The molecule has 0 unspecified atom stereocenters. The van der Waals surface area contributed by atoms with Crippen molar-refractivity contribution >= 4 is 11.8 Å². The van der Waals surface area contributed by atoms with Gasteiger partial charge >= 0.3 is 0 Å². The molecule has 0 aromatic heterocycles. The molecule has 2 aromatic rings. The molecular formula is C27H33FN2O4. The summed E-state index contributed by atoms with van der Waals surface area (Å²) in [6, 6.07) is 12.0. The van der Waals surface area contributed by atoms with Crippen molar-refractivity contribution in [3.8, 4) is 11.5 Å². The van der Waals surface area contributed by atoms with Crippen LogP contribution in [0.1, 0.15) is 49.1 Å². The molecule has 4 rings (SSSR count). The molecule has 182 valence electrons. The number of rotatable bonds is 7. The number of hydrogen-bond donors (Lipinski definition) is 1. The van der Waals surface area contributed by atoms with Crippen LogP contribution in [0.25, 0.3) is 0 Å². The van der Waals surface area contributed by atoms with Crippen LogP contribution >= 0.6 is 0 Å². The second-order valence-electron chi connectivity index (χ2n) is 9.32. The first-order chi connectivity index (χ1) is 16.5. The standard InChI is InChI=1S/C27H33FN2O4/c1-33-24-11-10-20(14-25(24)34-2)21-13-22(17-30(16-21)27(32)19-7-3-4-8-19)26(31)29-15-18-6-5-9-23(28)12-18/h5-6,9-12,14,19,21-22H,3-4,7-8,13,15-17H2,1-2H3,(H,29,31)/t21-,22-/m1/s1. The summed E-state index contributed by atoms with van der Waals surface area (Å²) in [6.07, 6.45) is 4.64. The minimum absolute atomic E-state index is 0.00355. The van der Waals surface area contributed by atoms with Crippen LogP contribution in [0.5, 0.6) is 11.5 Å². The molecule has 2 atom stereocenters. The molecular weight excluding hydrogens is 435 g/mol. The maximum atomic E-state index is 13.5. The molecule has 1 N–H and O–H groups in total. The SMILES string of the molecule is COc1ccc([C@@H]2C[C@@H](C(=O)NCc3cccc(F)c3)CN(C(=O)C3CCCC3)C2)cc1OC. The van der Waals surface area contributed by atoms with E-state index in [4.69, 9.17) is 9.47 Å². The van der Waals surface area contributed by atoms with Crippen LogP contribution in [0.2, 0.25) is 0 Å². The maximum absolute atomic E-state index is 13.5. The van der Waals surface area contributed by atoms with Crippen molar-refractivity contribution in [2.75, 3.05) is 27.3 Å². The number of likely N-dealkylation sites (tertiary alicyclic amines) is 1. The van der Waals surface area contributed by atoms with Gasteiger partial charge in [-0.25, -0.2) is 4.39 Å². The van der Waals surface area contributed by atoms with Gasteiger partial charge in [-0.2, -0.15) is 0 Å². The molecule has 1 aliphatic heterocycles. The van der Waals surface area contributed by atoms with Gasteiger partial charge in [0.1, 0.15) is 5.82 Å². The van der Waals surface area contributed by atoms with Crippen LogP contribution in [0.3, 0.4) is 0 Å². The molecule has 2 aliphatic rings. The summed E-state index contributed by atoms with van der Waals surface area (Å²) in [5, 5.41) is 2.95. The van der Waals surface area contributed by atoms with Crippen molar-refractivity contribution in [2.24, 2.45) is 11.8 Å². The first-order valence-electron chi connectivity index (χ1n) is 12.0. The van der Waals surface area contributed by atoms with Gasteiger partial charge in [-0.15, -0.1) is 0 Å². The number of nitrogens with zero attached hydrogens (tertiary/aromatic N) is 1. The molecule has 1 saturated carbocycles. The fourth-order valence-corrected chi connectivity index (χ4v) is 5.23. The predicted octanol–water partition coefficient (Wildman–Crippen LogP) is 4.28. The smallest absolute Gasteiger partial charge is 0.225 e. The monoisotopic (exact) mass is 468 g/mol. The van der Waals surface area contributed by atoms with Crippen molar-refractivity contribution in [2.45, 2.75) is 44.6 Å². The Morgan fingerprint density at radius 1 is 1.00 bits per heavy atom. The average Bonchev–Trinajstić information content (AvgIpc) is 3.41. The number of carbonyl (C=O) groups is 2. The molecule has 7 heteroatoms. The van der Waals surface area contributed by atoms with E-state index in [-0.39, 0.29) is 41.9 Å². The Balaban J connectivity index is 1.53. The van der Waals surface area contributed by atoms with Gasteiger partial charge in [-0.1, -0.05) is 31.0 Å². The molecule has 34 heavy (non-hydrogen) atoms. The Morgan fingerprint density at radius 2 is 1.76 bits per heavy atom. The van der Waals surface area contributed by atoms with Gasteiger partial charge in [-0.05, 0) is 54.7 Å². The van der Waals surface area contributed by atoms with E-state index in [1.807, 2.05) is 23.1 Å². The molecule has 6 nitrogen and oxygen atoms in total. The predicted molar refractivity (Wildman–Crippen MR) is 127 cm³/mol. The Labute approximate surface area is 200 Å². The topological polar surface area (TPSA) is 67.9 Å². The summed E-state index contributed by atoms with van der Waals surface area (Å²) in [7, 11) is 3.19. The first-order valence-corrected chi connectivity index (χ1v) is 12.0. The molecule has 2 fully saturated rings. The van der Waals surface area contributed by atoms with Gasteiger partial charge in [0.2, 0.25) is 11.8 Å². The maximum Gasteiger partial charge on any atom is 0.225 e. The number of methoxy groups -OCH3 is 2. The van der Waals surface area contributed by atoms with Crippen LogP contribution in [0.4, 0.5) is 4.39 Å². The summed E-state index contributed by atoms with van der Waals surface area (Å²) in [5.74, 6) is 0.710. The highest BCUT2D eigenvalue weighted by molar-refractivity contribution is 5.82. The summed E-state index contributed by atoms with van der Waals surface area (Å²) in [6.45, 7) is 1.25. The van der Waals surface area contributed by atoms with E-state index in [1.54, 1.807) is 26.4 Å². The lowest BCUT2D eigenvalue weighted by molar-refractivity contribution is -0.139. The molecule has 0 spiro atoms. The van der Waals surface area contributed by atoms with E-state index in [1.165, 1.54) is 12.1 Å². The van der Waals surface area contributed by atoms with Crippen LogP contribution in [0, 0.1) is 17.7 Å². The average molecular weight is 469 g/mol. The zero-order chi connectivity index (χ0) is 24.1. The first kappa shape index (κ1) is 24.0. The van der Waals surface area contributed by atoms with Crippen LogP contribution in [-0.2, 0) is 16.1 Å². The minimum Gasteiger partial charge on any atom is -0.493 e. The highest BCUT2D eigenvalue weighted by atomic mass is 19.1. The number of amides is 2. The normalized spacial score (nSPS) is 20.7.